The highest BCUT2D eigenvalue weighted by atomic mass is 35.5. The fourth-order valence-electron chi connectivity index (χ4n) is 1.43. The molecule has 0 N–H and O–H groups in total. The van der Waals surface area contributed by atoms with Gasteiger partial charge in [-0.25, -0.2) is 0 Å². The van der Waals surface area contributed by atoms with Crippen LogP contribution in [0.15, 0.2) is 29.4 Å². The summed E-state index contributed by atoms with van der Waals surface area (Å²) in [5.74, 6) is -0.712. The van der Waals surface area contributed by atoms with Crippen molar-refractivity contribution in [2.24, 2.45) is 5.10 Å². The van der Waals surface area contributed by atoms with Crippen LogP contribution in [0.4, 0.5) is 0 Å². The van der Waals surface area contributed by atoms with Crippen LogP contribution in [0.2, 0.25) is 5.02 Å². The van der Waals surface area contributed by atoms with E-state index in [0.29, 0.717) is 16.3 Å². The van der Waals surface area contributed by atoms with Crippen molar-refractivity contribution in [3.05, 3.63) is 34.9 Å². The second-order valence-corrected chi connectivity index (χ2v) is 3.97. The second kappa shape index (κ2) is 4.06. The first-order valence-electron chi connectivity index (χ1n) is 4.75. The number of hydrogen-bond acceptors (Lipinski definition) is 3. The number of benzene rings is 1. The topological polar surface area (TPSA) is 49.7 Å². The van der Waals surface area contributed by atoms with Crippen LogP contribution in [0, 0.1) is 0 Å². The minimum atomic E-state index is -0.418. The number of carbonyl (C=O) groups is 2. The summed E-state index contributed by atoms with van der Waals surface area (Å²) in [4.78, 5) is 23.3. The summed E-state index contributed by atoms with van der Waals surface area (Å²) in [5.41, 5.74) is 1.04. The lowest BCUT2D eigenvalue weighted by Crippen LogP contribution is -2.28. The number of hydrogen-bond donors (Lipinski definition) is 0. The van der Waals surface area contributed by atoms with Crippen LogP contribution in [0.5, 0.6) is 0 Å². The molecule has 1 heterocycles. The average molecular weight is 237 g/mol. The molecule has 0 saturated heterocycles. The van der Waals surface area contributed by atoms with Crippen LogP contribution < -0.4 is 0 Å². The highest BCUT2D eigenvalue weighted by molar-refractivity contribution is 6.30. The van der Waals surface area contributed by atoms with Crippen LogP contribution in [-0.2, 0) is 4.79 Å². The molecule has 0 atom stereocenters. The third-order valence-corrected chi connectivity index (χ3v) is 2.45. The Hall–Kier alpha value is -1.68. The van der Waals surface area contributed by atoms with Gasteiger partial charge in [0.2, 0.25) is 0 Å². The first kappa shape index (κ1) is 10.8. The Balaban J connectivity index is 2.26. The highest BCUT2D eigenvalue weighted by Crippen LogP contribution is 2.15. The molecule has 2 rings (SSSR count). The van der Waals surface area contributed by atoms with Crippen LogP contribution in [0.25, 0.3) is 0 Å². The second-order valence-electron chi connectivity index (χ2n) is 3.53. The van der Waals surface area contributed by atoms with Crippen molar-refractivity contribution in [2.75, 3.05) is 0 Å². The standard InChI is InChI=1S/C11H9ClN2O2/c1-7-6-10(15)14(13-7)11(16)8-2-4-9(12)5-3-8/h2-5H,6H2,1H3. The van der Waals surface area contributed by atoms with Crippen LogP contribution in [0.1, 0.15) is 23.7 Å². The number of nitrogens with zero attached hydrogens (tertiary/aromatic N) is 2. The number of imide groups is 1. The van der Waals surface area contributed by atoms with E-state index >= 15 is 0 Å². The maximum atomic E-state index is 11.9. The number of halogens is 1. The molecule has 2 amide bonds. The average Bonchev–Trinajstić information content (AvgIpc) is 2.58. The molecule has 0 spiro atoms. The fraction of sp³-hybridized carbons (Fsp3) is 0.182. The normalized spacial score (nSPS) is 15.2. The van der Waals surface area contributed by atoms with E-state index in [-0.39, 0.29) is 12.3 Å². The van der Waals surface area contributed by atoms with E-state index in [1.165, 1.54) is 0 Å². The summed E-state index contributed by atoms with van der Waals surface area (Å²) < 4.78 is 0. The van der Waals surface area contributed by atoms with Gasteiger partial charge in [0.05, 0.1) is 6.42 Å². The molecule has 0 radical (unpaired) electrons. The minimum Gasteiger partial charge on any atom is -0.272 e. The number of amides is 2. The van der Waals surface area contributed by atoms with Crippen molar-refractivity contribution in [2.45, 2.75) is 13.3 Å². The van der Waals surface area contributed by atoms with Crippen LogP contribution in [-0.4, -0.2) is 22.5 Å². The fourth-order valence-corrected chi connectivity index (χ4v) is 1.55. The van der Waals surface area contributed by atoms with E-state index in [1.807, 2.05) is 0 Å². The first-order valence-corrected chi connectivity index (χ1v) is 5.12. The van der Waals surface area contributed by atoms with Crippen molar-refractivity contribution in [3.8, 4) is 0 Å². The Bertz CT molecular complexity index is 479. The van der Waals surface area contributed by atoms with Gasteiger partial charge in [0.15, 0.2) is 0 Å². The third-order valence-electron chi connectivity index (χ3n) is 2.20. The molecule has 0 aliphatic carbocycles. The molecule has 4 nitrogen and oxygen atoms in total. The van der Waals surface area contributed by atoms with E-state index in [4.69, 9.17) is 11.6 Å². The predicted octanol–water partition coefficient (Wildman–Crippen LogP) is 2.09. The highest BCUT2D eigenvalue weighted by Gasteiger charge is 2.27. The molecule has 0 unspecified atom stereocenters. The molecule has 5 heteroatoms. The maximum Gasteiger partial charge on any atom is 0.281 e. The minimum absolute atomic E-state index is 0.208. The Kier molecular flexibility index (Phi) is 2.75. The van der Waals surface area contributed by atoms with Crippen LogP contribution in [0.3, 0.4) is 0 Å². The molecule has 0 saturated carbocycles. The van der Waals surface area contributed by atoms with E-state index in [1.54, 1.807) is 31.2 Å². The summed E-state index contributed by atoms with van der Waals surface area (Å²) in [5, 5.41) is 5.33. The molecular formula is C11H9ClN2O2. The van der Waals surface area contributed by atoms with E-state index in [9.17, 15) is 9.59 Å². The van der Waals surface area contributed by atoms with Gasteiger partial charge in [-0.3, -0.25) is 9.59 Å². The summed E-state index contributed by atoms with van der Waals surface area (Å²) in [7, 11) is 0. The molecule has 0 fully saturated rings. The van der Waals surface area contributed by atoms with Gasteiger partial charge in [-0.2, -0.15) is 10.1 Å². The molecule has 0 bridgehead atoms. The van der Waals surface area contributed by atoms with Gasteiger partial charge in [0, 0.05) is 16.3 Å². The van der Waals surface area contributed by atoms with E-state index < -0.39 is 5.91 Å². The third kappa shape index (κ3) is 1.97. The van der Waals surface area contributed by atoms with Crippen molar-refractivity contribution >= 4 is 29.1 Å². The molecule has 1 aromatic carbocycles. The Morgan fingerprint density at radius 3 is 2.50 bits per heavy atom. The summed E-state index contributed by atoms with van der Waals surface area (Å²) in [6.45, 7) is 1.72. The molecule has 16 heavy (non-hydrogen) atoms. The van der Waals surface area contributed by atoms with E-state index in [0.717, 1.165) is 5.01 Å². The van der Waals surface area contributed by atoms with Crippen molar-refractivity contribution in [3.63, 3.8) is 0 Å². The van der Waals surface area contributed by atoms with Gasteiger partial charge in [-0.1, -0.05) is 11.6 Å². The molecule has 1 aliphatic rings. The lowest BCUT2D eigenvalue weighted by molar-refractivity contribution is -0.126. The van der Waals surface area contributed by atoms with Gasteiger partial charge >= 0.3 is 0 Å². The Morgan fingerprint density at radius 1 is 1.38 bits per heavy atom. The van der Waals surface area contributed by atoms with Crippen molar-refractivity contribution in [1.29, 1.82) is 0 Å². The van der Waals surface area contributed by atoms with Crippen molar-refractivity contribution in [1.82, 2.24) is 5.01 Å². The van der Waals surface area contributed by atoms with Gasteiger partial charge < -0.3 is 0 Å². The van der Waals surface area contributed by atoms with Gasteiger partial charge in [0.25, 0.3) is 11.8 Å². The zero-order chi connectivity index (χ0) is 11.7. The smallest absolute Gasteiger partial charge is 0.272 e. The van der Waals surface area contributed by atoms with Gasteiger partial charge in [-0.15, -0.1) is 0 Å². The zero-order valence-electron chi connectivity index (χ0n) is 8.61. The molecule has 0 aromatic heterocycles. The predicted molar refractivity (Wildman–Crippen MR) is 60.4 cm³/mol. The summed E-state index contributed by atoms with van der Waals surface area (Å²) in [6.07, 6.45) is 0.208. The number of rotatable bonds is 1. The SMILES string of the molecule is CC1=NN(C(=O)c2ccc(Cl)cc2)C(=O)C1. The van der Waals surface area contributed by atoms with Gasteiger partial charge in [0.1, 0.15) is 0 Å². The van der Waals surface area contributed by atoms with Crippen molar-refractivity contribution < 1.29 is 9.59 Å². The van der Waals surface area contributed by atoms with E-state index in [2.05, 4.69) is 5.10 Å². The monoisotopic (exact) mass is 236 g/mol. The quantitative estimate of drug-likeness (QED) is 0.701. The lowest BCUT2D eigenvalue weighted by Gasteiger charge is -2.09. The van der Waals surface area contributed by atoms with Gasteiger partial charge in [-0.05, 0) is 31.2 Å². The Labute approximate surface area is 97.5 Å². The molecule has 1 aliphatic heterocycles. The van der Waals surface area contributed by atoms with Crippen LogP contribution >= 0.6 is 11.6 Å². The first-order chi connectivity index (χ1) is 7.58. The molecule has 82 valence electrons. The largest absolute Gasteiger partial charge is 0.281 e. The maximum absolute atomic E-state index is 11.9. The zero-order valence-corrected chi connectivity index (χ0v) is 9.36. The summed E-state index contributed by atoms with van der Waals surface area (Å²) >= 11 is 5.71. The molecule has 1 aromatic rings. The number of carbonyl (C=O) groups excluding carboxylic acids is 2. The molecular weight excluding hydrogens is 228 g/mol. The Morgan fingerprint density at radius 2 is 2.00 bits per heavy atom. The summed E-state index contributed by atoms with van der Waals surface area (Å²) in [6, 6.07) is 6.35. The lowest BCUT2D eigenvalue weighted by atomic mass is 10.2. The number of hydrazone groups is 1.